The van der Waals surface area contributed by atoms with Crippen LogP contribution in [0.5, 0.6) is 0 Å². The molecule has 1 saturated heterocycles. The highest BCUT2D eigenvalue weighted by molar-refractivity contribution is 4.76. The van der Waals surface area contributed by atoms with E-state index >= 15 is 0 Å². The first kappa shape index (κ1) is 13.9. The lowest BCUT2D eigenvalue weighted by molar-refractivity contribution is 0.153. The summed E-state index contributed by atoms with van der Waals surface area (Å²) < 4.78 is 5.21. The molecule has 0 bridgehead atoms. The van der Waals surface area contributed by atoms with Gasteiger partial charge >= 0.3 is 0 Å². The van der Waals surface area contributed by atoms with E-state index < -0.39 is 0 Å². The normalized spacial score (nSPS) is 22.9. The Morgan fingerprint density at radius 1 is 1.38 bits per heavy atom. The van der Waals surface area contributed by atoms with Crippen molar-refractivity contribution in [2.45, 2.75) is 39.2 Å². The minimum atomic E-state index is 0.254. The van der Waals surface area contributed by atoms with E-state index in [9.17, 15) is 0 Å². The molecule has 0 aromatic carbocycles. The minimum absolute atomic E-state index is 0.254. The number of hydrogen-bond donors (Lipinski definition) is 1. The maximum absolute atomic E-state index is 5.21. The molecule has 1 fully saturated rings. The zero-order chi connectivity index (χ0) is 12.0. The van der Waals surface area contributed by atoms with Crippen LogP contribution in [0.25, 0.3) is 0 Å². The number of methoxy groups -OCH3 is 1. The number of nitrogens with zero attached hydrogens (tertiary/aromatic N) is 1. The van der Waals surface area contributed by atoms with Gasteiger partial charge in [-0.05, 0) is 59.2 Å². The van der Waals surface area contributed by atoms with Gasteiger partial charge in [-0.1, -0.05) is 0 Å². The zero-order valence-corrected chi connectivity index (χ0v) is 11.4. The molecule has 0 spiro atoms. The third-order valence-electron chi connectivity index (χ3n) is 3.08. The molecule has 0 saturated carbocycles. The van der Waals surface area contributed by atoms with Crippen molar-refractivity contribution in [1.29, 1.82) is 0 Å². The number of nitrogens with one attached hydrogen (secondary N) is 1. The molecule has 1 heterocycles. The van der Waals surface area contributed by atoms with Gasteiger partial charge in [-0.25, -0.2) is 0 Å². The molecule has 96 valence electrons. The molecule has 0 aromatic rings. The van der Waals surface area contributed by atoms with Gasteiger partial charge < -0.3 is 15.0 Å². The van der Waals surface area contributed by atoms with Crippen LogP contribution in [-0.4, -0.2) is 50.3 Å². The molecular weight excluding hydrogens is 200 g/mol. The van der Waals surface area contributed by atoms with Crippen molar-refractivity contribution < 1.29 is 4.74 Å². The predicted molar refractivity (Wildman–Crippen MR) is 68.8 cm³/mol. The van der Waals surface area contributed by atoms with Crippen LogP contribution in [0.15, 0.2) is 0 Å². The standard InChI is InChI=1S/C13H28N2O/c1-13(2,3)14-7-5-8-15-9-6-12(10-15)11-16-4/h12,14H,5-11H2,1-4H3. The minimum Gasteiger partial charge on any atom is -0.384 e. The quantitative estimate of drug-likeness (QED) is 0.701. The van der Waals surface area contributed by atoms with E-state index in [1.807, 2.05) is 0 Å². The number of rotatable bonds is 6. The van der Waals surface area contributed by atoms with E-state index in [4.69, 9.17) is 4.74 Å². The third kappa shape index (κ3) is 5.83. The molecule has 1 atom stereocenters. The Hall–Kier alpha value is -0.120. The summed E-state index contributed by atoms with van der Waals surface area (Å²) >= 11 is 0. The van der Waals surface area contributed by atoms with Crippen molar-refractivity contribution in [2.24, 2.45) is 5.92 Å². The fraction of sp³-hybridized carbons (Fsp3) is 1.00. The maximum atomic E-state index is 5.21. The average molecular weight is 228 g/mol. The summed E-state index contributed by atoms with van der Waals surface area (Å²) in [4.78, 5) is 2.56. The van der Waals surface area contributed by atoms with Gasteiger partial charge in [0.25, 0.3) is 0 Å². The van der Waals surface area contributed by atoms with E-state index in [2.05, 4.69) is 31.0 Å². The fourth-order valence-corrected chi connectivity index (χ4v) is 2.25. The van der Waals surface area contributed by atoms with Crippen LogP contribution in [-0.2, 0) is 4.74 Å². The Balaban J connectivity index is 2.02. The Bertz CT molecular complexity index is 189. The van der Waals surface area contributed by atoms with Crippen molar-refractivity contribution in [3.05, 3.63) is 0 Å². The molecule has 1 rings (SSSR count). The maximum Gasteiger partial charge on any atom is 0.0503 e. The predicted octanol–water partition coefficient (Wildman–Crippen LogP) is 1.73. The molecule has 0 radical (unpaired) electrons. The SMILES string of the molecule is COCC1CCN(CCCNC(C)(C)C)C1. The third-order valence-corrected chi connectivity index (χ3v) is 3.08. The molecule has 3 nitrogen and oxygen atoms in total. The zero-order valence-electron chi connectivity index (χ0n) is 11.4. The van der Waals surface area contributed by atoms with Crippen molar-refractivity contribution >= 4 is 0 Å². The molecule has 1 aliphatic rings. The van der Waals surface area contributed by atoms with Gasteiger partial charge in [-0.15, -0.1) is 0 Å². The van der Waals surface area contributed by atoms with E-state index in [-0.39, 0.29) is 5.54 Å². The molecule has 1 N–H and O–H groups in total. The number of hydrogen-bond acceptors (Lipinski definition) is 3. The Morgan fingerprint density at radius 2 is 2.12 bits per heavy atom. The smallest absolute Gasteiger partial charge is 0.0503 e. The van der Waals surface area contributed by atoms with Crippen molar-refractivity contribution in [3.8, 4) is 0 Å². The summed E-state index contributed by atoms with van der Waals surface area (Å²) in [5, 5.41) is 3.53. The van der Waals surface area contributed by atoms with Crippen molar-refractivity contribution in [3.63, 3.8) is 0 Å². The van der Waals surface area contributed by atoms with Gasteiger partial charge in [0, 0.05) is 19.2 Å². The van der Waals surface area contributed by atoms with Crippen LogP contribution >= 0.6 is 0 Å². The molecule has 0 amide bonds. The highest BCUT2D eigenvalue weighted by Gasteiger charge is 2.21. The largest absolute Gasteiger partial charge is 0.384 e. The molecule has 3 heteroatoms. The highest BCUT2D eigenvalue weighted by atomic mass is 16.5. The van der Waals surface area contributed by atoms with Crippen LogP contribution in [0.3, 0.4) is 0 Å². The van der Waals surface area contributed by atoms with Crippen LogP contribution < -0.4 is 5.32 Å². The Labute approximate surface area is 101 Å². The van der Waals surface area contributed by atoms with Crippen LogP contribution in [0.2, 0.25) is 0 Å². The van der Waals surface area contributed by atoms with Crippen LogP contribution in [0, 0.1) is 5.92 Å². The average Bonchev–Trinajstić information content (AvgIpc) is 2.60. The van der Waals surface area contributed by atoms with E-state index in [0.29, 0.717) is 0 Å². The summed E-state index contributed by atoms with van der Waals surface area (Å²) in [5.74, 6) is 0.764. The first-order valence-corrected chi connectivity index (χ1v) is 6.47. The summed E-state index contributed by atoms with van der Waals surface area (Å²) in [6.07, 6.45) is 2.55. The topological polar surface area (TPSA) is 24.5 Å². The fourth-order valence-electron chi connectivity index (χ4n) is 2.25. The highest BCUT2D eigenvalue weighted by Crippen LogP contribution is 2.16. The second-order valence-corrected chi connectivity index (χ2v) is 5.94. The first-order chi connectivity index (χ1) is 7.51. The summed E-state index contributed by atoms with van der Waals surface area (Å²) in [7, 11) is 1.80. The lowest BCUT2D eigenvalue weighted by atomic mass is 10.1. The molecule has 1 unspecified atom stereocenters. The molecule has 0 aliphatic carbocycles. The first-order valence-electron chi connectivity index (χ1n) is 6.47. The second kappa shape index (κ2) is 6.58. The van der Waals surface area contributed by atoms with Crippen molar-refractivity contribution in [2.75, 3.05) is 39.9 Å². The second-order valence-electron chi connectivity index (χ2n) is 5.94. The molecule has 16 heavy (non-hydrogen) atoms. The van der Waals surface area contributed by atoms with Gasteiger partial charge in [0.2, 0.25) is 0 Å². The lowest BCUT2D eigenvalue weighted by Gasteiger charge is -2.22. The van der Waals surface area contributed by atoms with Crippen molar-refractivity contribution in [1.82, 2.24) is 10.2 Å². The van der Waals surface area contributed by atoms with Crippen LogP contribution in [0.4, 0.5) is 0 Å². The molecular formula is C13H28N2O. The Morgan fingerprint density at radius 3 is 2.75 bits per heavy atom. The van der Waals surface area contributed by atoms with Gasteiger partial charge in [0.1, 0.15) is 0 Å². The summed E-state index contributed by atoms with van der Waals surface area (Å²) in [6, 6.07) is 0. The Kier molecular flexibility index (Phi) is 5.73. The lowest BCUT2D eigenvalue weighted by Crippen LogP contribution is -2.37. The van der Waals surface area contributed by atoms with Gasteiger partial charge in [-0.2, -0.15) is 0 Å². The monoisotopic (exact) mass is 228 g/mol. The molecule has 1 aliphatic heterocycles. The number of ether oxygens (including phenoxy) is 1. The van der Waals surface area contributed by atoms with Gasteiger partial charge in [0.15, 0.2) is 0 Å². The summed E-state index contributed by atoms with van der Waals surface area (Å²) in [5.41, 5.74) is 0.254. The van der Waals surface area contributed by atoms with Gasteiger partial charge in [0.05, 0.1) is 6.61 Å². The van der Waals surface area contributed by atoms with E-state index in [1.165, 1.54) is 32.5 Å². The molecule has 0 aromatic heterocycles. The van der Waals surface area contributed by atoms with Gasteiger partial charge in [-0.3, -0.25) is 0 Å². The van der Waals surface area contributed by atoms with E-state index in [1.54, 1.807) is 7.11 Å². The van der Waals surface area contributed by atoms with E-state index in [0.717, 1.165) is 19.1 Å². The van der Waals surface area contributed by atoms with Crippen LogP contribution in [0.1, 0.15) is 33.6 Å². The number of likely N-dealkylation sites (tertiary alicyclic amines) is 1. The summed E-state index contributed by atoms with van der Waals surface area (Å²) in [6.45, 7) is 12.4.